The second kappa shape index (κ2) is 32.3. The number of benzene rings is 2. The van der Waals surface area contributed by atoms with Crippen molar-refractivity contribution in [3.05, 3.63) is 59.7 Å². The van der Waals surface area contributed by atoms with Gasteiger partial charge in [0, 0.05) is 0 Å². The van der Waals surface area contributed by atoms with Gasteiger partial charge < -0.3 is 9.11 Å². The van der Waals surface area contributed by atoms with Crippen molar-refractivity contribution in [3.63, 3.8) is 0 Å². The van der Waals surface area contributed by atoms with Gasteiger partial charge in [-0.3, -0.25) is 0 Å². The second-order valence-corrected chi connectivity index (χ2v) is 16.9. The van der Waals surface area contributed by atoms with Gasteiger partial charge in [-0.2, -0.15) is 0 Å². The first-order chi connectivity index (χ1) is 24.1. The predicted molar refractivity (Wildman–Crippen MR) is 208 cm³/mol. The number of aryl methyl sites for hydroxylation is 2. The molecule has 0 aliphatic heterocycles. The molecule has 0 amide bonds. The van der Waals surface area contributed by atoms with E-state index < -0.39 is 20.2 Å². The molecule has 0 saturated carbocycles. The maximum atomic E-state index is 11.0. The Morgan fingerprint density at radius 2 is 0.627 bits per heavy atom. The first-order valence-corrected chi connectivity index (χ1v) is 23.0. The summed E-state index contributed by atoms with van der Waals surface area (Å²) >= 11 is 0. The Labute approximate surface area is 327 Å². The molecule has 0 N–H and O–H groups in total. The molecule has 6 nitrogen and oxygen atoms in total. The molecule has 0 aromatic heterocycles. The normalized spacial score (nSPS) is 11.5. The minimum Gasteiger partial charge on any atom is -0.744 e. The SMILES string of the molecule is CCCCCCCCCCCCCCCc1cccc(S(=O)(=O)[O-])c1.CCCCCCCCCCCCCCCc1cccc(S(=O)(=O)[O-])c1.[Zn+2]. The number of hydrogen-bond donors (Lipinski definition) is 0. The fraction of sp³-hybridized carbons (Fsp3) is 0.714. The first kappa shape index (κ1) is 49.9. The monoisotopic (exact) mass is 798 g/mol. The standard InChI is InChI=1S/2C21H36O3S.Zn/c2*1-2-3-4-5-6-7-8-9-10-11-12-13-14-16-20-17-15-18-21(19-20)25(22,23)24;/h2*15,17-19H,2-14,16H2,1H3,(H,22,23,24);/q;;+2/p-2. The molecule has 2 rings (SSSR count). The van der Waals surface area contributed by atoms with Crippen LogP contribution in [0.4, 0.5) is 0 Å². The topological polar surface area (TPSA) is 114 Å². The van der Waals surface area contributed by atoms with Crippen molar-refractivity contribution >= 4 is 20.2 Å². The van der Waals surface area contributed by atoms with Crippen molar-refractivity contribution in [2.75, 3.05) is 0 Å². The molecule has 0 spiro atoms. The number of rotatable bonds is 30. The second-order valence-electron chi connectivity index (χ2n) is 14.2. The zero-order valence-corrected chi connectivity index (χ0v) is 37.0. The molecular formula is C42H70O6S2Zn. The molecule has 51 heavy (non-hydrogen) atoms. The molecule has 2 aromatic rings. The smallest absolute Gasteiger partial charge is 0.744 e. The number of unbranched alkanes of at least 4 members (excludes halogenated alkanes) is 24. The van der Waals surface area contributed by atoms with E-state index in [1.807, 2.05) is 12.1 Å². The maximum absolute atomic E-state index is 11.0. The van der Waals surface area contributed by atoms with E-state index >= 15 is 0 Å². The van der Waals surface area contributed by atoms with E-state index in [9.17, 15) is 25.9 Å². The molecular weight excluding hydrogens is 730 g/mol. The van der Waals surface area contributed by atoms with Crippen LogP contribution in [0.3, 0.4) is 0 Å². The molecule has 0 saturated heterocycles. The zero-order valence-electron chi connectivity index (χ0n) is 32.4. The largest absolute Gasteiger partial charge is 2.00 e. The fourth-order valence-corrected chi connectivity index (χ4v) is 7.49. The van der Waals surface area contributed by atoms with Crippen LogP contribution in [0, 0.1) is 0 Å². The Morgan fingerprint density at radius 3 is 0.863 bits per heavy atom. The third-order valence-electron chi connectivity index (χ3n) is 9.51. The van der Waals surface area contributed by atoms with E-state index in [0.717, 1.165) is 36.8 Å². The average molecular weight is 801 g/mol. The van der Waals surface area contributed by atoms with E-state index in [4.69, 9.17) is 0 Å². The molecule has 0 atom stereocenters. The van der Waals surface area contributed by atoms with Crippen molar-refractivity contribution < 1.29 is 45.4 Å². The van der Waals surface area contributed by atoms with Crippen LogP contribution in [-0.2, 0) is 52.6 Å². The zero-order chi connectivity index (χ0) is 36.8. The maximum Gasteiger partial charge on any atom is 2.00 e. The van der Waals surface area contributed by atoms with Crippen LogP contribution in [0.15, 0.2) is 58.3 Å². The summed E-state index contributed by atoms with van der Waals surface area (Å²) in [5.41, 5.74) is 1.89. The van der Waals surface area contributed by atoms with Crippen molar-refractivity contribution in [3.8, 4) is 0 Å². The summed E-state index contributed by atoms with van der Waals surface area (Å²) in [6, 6.07) is 12.9. The Hall–Kier alpha value is -1.12. The van der Waals surface area contributed by atoms with Gasteiger partial charge in [-0.05, 0) is 61.1 Å². The van der Waals surface area contributed by atoms with Gasteiger partial charge in [-0.15, -0.1) is 0 Å². The van der Waals surface area contributed by atoms with Crippen LogP contribution in [0.1, 0.15) is 192 Å². The quantitative estimate of drug-likeness (QED) is 0.0441. The molecule has 0 aliphatic carbocycles. The van der Waals surface area contributed by atoms with Crippen LogP contribution in [-0.4, -0.2) is 25.9 Å². The van der Waals surface area contributed by atoms with Crippen LogP contribution in [0.25, 0.3) is 0 Å². The van der Waals surface area contributed by atoms with Gasteiger partial charge in [0.25, 0.3) is 0 Å². The van der Waals surface area contributed by atoms with Gasteiger partial charge >= 0.3 is 19.5 Å². The first-order valence-electron chi connectivity index (χ1n) is 20.2. The van der Waals surface area contributed by atoms with E-state index in [1.165, 1.54) is 178 Å². The molecule has 2 aromatic carbocycles. The third-order valence-corrected chi connectivity index (χ3v) is 11.2. The summed E-state index contributed by atoms with van der Waals surface area (Å²) in [6.45, 7) is 4.52. The molecule has 288 valence electrons. The summed E-state index contributed by atoms with van der Waals surface area (Å²) in [7, 11) is -8.67. The molecule has 0 bridgehead atoms. The molecule has 0 heterocycles. The van der Waals surface area contributed by atoms with E-state index in [-0.39, 0.29) is 29.3 Å². The van der Waals surface area contributed by atoms with E-state index in [2.05, 4.69) is 13.8 Å². The van der Waals surface area contributed by atoms with Crippen molar-refractivity contribution in [2.24, 2.45) is 0 Å². The molecule has 0 fully saturated rings. The van der Waals surface area contributed by atoms with Gasteiger partial charge in [-0.1, -0.05) is 192 Å². The molecule has 9 heteroatoms. The van der Waals surface area contributed by atoms with E-state index in [0.29, 0.717) is 0 Å². The van der Waals surface area contributed by atoms with Gasteiger partial charge in [0.1, 0.15) is 20.2 Å². The summed E-state index contributed by atoms with van der Waals surface area (Å²) in [5.74, 6) is 0. The number of hydrogen-bond acceptors (Lipinski definition) is 6. The summed E-state index contributed by atoms with van der Waals surface area (Å²) < 4.78 is 66.1. The Bertz CT molecular complexity index is 1210. The Morgan fingerprint density at radius 1 is 0.392 bits per heavy atom. The third kappa shape index (κ3) is 29.0. The van der Waals surface area contributed by atoms with Gasteiger partial charge in [0.05, 0.1) is 9.79 Å². The predicted octanol–water partition coefficient (Wildman–Crippen LogP) is 12.4. The summed E-state index contributed by atoms with van der Waals surface area (Å²) in [6.07, 6.45) is 36.0. The van der Waals surface area contributed by atoms with Crippen molar-refractivity contribution in [2.45, 2.75) is 203 Å². The minimum atomic E-state index is -4.33. The van der Waals surface area contributed by atoms with Gasteiger partial charge in [0.15, 0.2) is 0 Å². The van der Waals surface area contributed by atoms with Gasteiger partial charge in [0.2, 0.25) is 0 Å². The van der Waals surface area contributed by atoms with Crippen LogP contribution < -0.4 is 0 Å². The molecule has 0 radical (unpaired) electrons. The van der Waals surface area contributed by atoms with Crippen molar-refractivity contribution in [1.29, 1.82) is 0 Å². The van der Waals surface area contributed by atoms with Crippen LogP contribution in [0.5, 0.6) is 0 Å². The summed E-state index contributed by atoms with van der Waals surface area (Å²) in [5, 5.41) is 0. The van der Waals surface area contributed by atoms with Crippen LogP contribution in [0.2, 0.25) is 0 Å². The fourth-order valence-electron chi connectivity index (χ4n) is 6.41. The van der Waals surface area contributed by atoms with Crippen LogP contribution >= 0.6 is 0 Å². The van der Waals surface area contributed by atoms with E-state index in [1.54, 1.807) is 12.1 Å². The van der Waals surface area contributed by atoms with Gasteiger partial charge in [-0.25, -0.2) is 16.8 Å². The molecule has 0 unspecified atom stereocenters. The minimum absolute atomic E-state index is 0. The average Bonchev–Trinajstić information content (AvgIpc) is 3.09. The summed E-state index contributed by atoms with van der Waals surface area (Å²) in [4.78, 5) is -0.223. The van der Waals surface area contributed by atoms with Crippen molar-refractivity contribution in [1.82, 2.24) is 0 Å². The molecule has 0 aliphatic rings. The Balaban J connectivity index is 0.000000962. The Kier molecular flexibility index (Phi) is 31.6.